The van der Waals surface area contributed by atoms with Gasteiger partial charge in [-0.05, 0) is 0 Å². The number of fused-ring (bicyclic) bond motifs is 1. The number of nitrogens with one attached hydrogen (secondary N) is 1. The SMILES string of the molecule is N#C[C@@H](N)C[C@@H]1Oc2ccncc2NC1=O. The van der Waals surface area contributed by atoms with E-state index in [0.29, 0.717) is 11.4 Å². The van der Waals surface area contributed by atoms with Gasteiger partial charge in [0, 0.05) is 18.7 Å². The van der Waals surface area contributed by atoms with E-state index in [9.17, 15) is 4.79 Å². The fourth-order valence-electron chi connectivity index (χ4n) is 1.44. The highest BCUT2D eigenvalue weighted by molar-refractivity contribution is 5.97. The van der Waals surface area contributed by atoms with Crippen LogP contribution in [0.25, 0.3) is 0 Å². The maximum atomic E-state index is 11.6. The summed E-state index contributed by atoms with van der Waals surface area (Å²) in [6.07, 6.45) is 2.53. The summed E-state index contributed by atoms with van der Waals surface area (Å²) in [6.45, 7) is 0. The van der Waals surface area contributed by atoms with E-state index in [0.717, 1.165) is 0 Å². The molecule has 16 heavy (non-hydrogen) atoms. The number of carbonyl (C=O) groups is 1. The first-order valence-corrected chi connectivity index (χ1v) is 4.77. The molecule has 1 aromatic rings. The summed E-state index contributed by atoms with van der Waals surface area (Å²) in [5.41, 5.74) is 5.99. The van der Waals surface area contributed by atoms with Crippen molar-refractivity contribution in [2.45, 2.75) is 18.6 Å². The summed E-state index contributed by atoms with van der Waals surface area (Å²) in [4.78, 5) is 15.4. The number of hydrogen-bond acceptors (Lipinski definition) is 5. The van der Waals surface area contributed by atoms with Gasteiger partial charge in [0.1, 0.15) is 11.4 Å². The number of nitriles is 1. The summed E-state index contributed by atoms with van der Waals surface area (Å²) in [5, 5.41) is 11.2. The Kier molecular flexibility index (Phi) is 2.70. The number of amides is 1. The average molecular weight is 218 g/mol. The summed E-state index contributed by atoms with van der Waals surface area (Å²) < 4.78 is 5.43. The van der Waals surface area contributed by atoms with Crippen LogP contribution in [0.2, 0.25) is 0 Å². The third-order valence-corrected chi connectivity index (χ3v) is 2.23. The molecular weight excluding hydrogens is 208 g/mol. The van der Waals surface area contributed by atoms with Crippen LogP contribution in [-0.2, 0) is 4.79 Å². The van der Waals surface area contributed by atoms with Crippen LogP contribution >= 0.6 is 0 Å². The highest BCUT2D eigenvalue weighted by Gasteiger charge is 2.29. The van der Waals surface area contributed by atoms with Crippen LogP contribution < -0.4 is 15.8 Å². The zero-order valence-electron chi connectivity index (χ0n) is 8.38. The second kappa shape index (κ2) is 4.16. The van der Waals surface area contributed by atoms with Gasteiger partial charge in [-0.1, -0.05) is 0 Å². The Labute approximate surface area is 92.0 Å². The molecular formula is C10H10N4O2. The molecule has 0 saturated carbocycles. The van der Waals surface area contributed by atoms with Crippen molar-refractivity contribution in [3.05, 3.63) is 18.5 Å². The van der Waals surface area contributed by atoms with E-state index < -0.39 is 12.1 Å². The molecule has 0 saturated heterocycles. The van der Waals surface area contributed by atoms with E-state index in [2.05, 4.69) is 10.3 Å². The van der Waals surface area contributed by atoms with Crippen LogP contribution in [-0.4, -0.2) is 23.0 Å². The van der Waals surface area contributed by atoms with E-state index >= 15 is 0 Å². The molecule has 0 radical (unpaired) electrons. The van der Waals surface area contributed by atoms with Crippen LogP contribution in [0.3, 0.4) is 0 Å². The monoisotopic (exact) mass is 218 g/mol. The Morgan fingerprint density at radius 1 is 1.75 bits per heavy atom. The van der Waals surface area contributed by atoms with Crippen molar-refractivity contribution in [3.8, 4) is 11.8 Å². The second-order valence-corrected chi connectivity index (χ2v) is 3.44. The first-order valence-electron chi connectivity index (χ1n) is 4.77. The van der Waals surface area contributed by atoms with E-state index in [1.165, 1.54) is 6.20 Å². The third-order valence-electron chi connectivity index (χ3n) is 2.23. The molecule has 0 aromatic carbocycles. The van der Waals surface area contributed by atoms with Gasteiger partial charge >= 0.3 is 0 Å². The topological polar surface area (TPSA) is 101 Å². The van der Waals surface area contributed by atoms with Gasteiger partial charge in [-0.2, -0.15) is 5.26 Å². The number of nitrogens with zero attached hydrogens (tertiary/aromatic N) is 2. The fraction of sp³-hybridized carbons (Fsp3) is 0.300. The highest BCUT2D eigenvalue weighted by atomic mass is 16.5. The molecule has 2 heterocycles. The van der Waals surface area contributed by atoms with Gasteiger partial charge < -0.3 is 15.8 Å². The number of hydrogen-bond donors (Lipinski definition) is 2. The summed E-state index contributed by atoms with van der Waals surface area (Å²) >= 11 is 0. The van der Waals surface area contributed by atoms with Crippen molar-refractivity contribution in [2.24, 2.45) is 5.73 Å². The molecule has 2 atom stereocenters. The second-order valence-electron chi connectivity index (χ2n) is 3.44. The van der Waals surface area contributed by atoms with E-state index in [4.69, 9.17) is 15.7 Å². The molecule has 1 aliphatic rings. The molecule has 0 bridgehead atoms. The minimum Gasteiger partial charge on any atom is -0.478 e. The van der Waals surface area contributed by atoms with Gasteiger partial charge in [-0.25, -0.2) is 0 Å². The van der Waals surface area contributed by atoms with Crippen molar-refractivity contribution >= 4 is 11.6 Å². The maximum absolute atomic E-state index is 11.6. The standard InChI is InChI=1S/C10H10N4O2/c11-4-6(12)3-9-10(15)14-7-5-13-2-1-8(7)16-9/h1-2,5-6,9H,3,12H2,(H,14,15)/t6-,9-/m0/s1. The van der Waals surface area contributed by atoms with Gasteiger partial charge in [0.2, 0.25) is 0 Å². The zero-order chi connectivity index (χ0) is 11.5. The molecule has 82 valence electrons. The van der Waals surface area contributed by atoms with Gasteiger partial charge in [0.05, 0.1) is 18.3 Å². The summed E-state index contributed by atoms with van der Waals surface area (Å²) in [6, 6.07) is 2.81. The minimum atomic E-state index is -0.718. The Morgan fingerprint density at radius 2 is 2.56 bits per heavy atom. The van der Waals surface area contributed by atoms with Gasteiger partial charge in [-0.15, -0.1) is 0 Å². The number of anilines is 1. The molecule has 6 heteroatoms. The van der Waals surface area contributed by atoms with Crippen LogP contribution in [0.1, 0.15) is 6.42 Å². The van der Waals surface area contributed by atoms with Crippen molar-refractivity contribution < 1.29 is 9.53 Å². The molecule has 0 aliphatic carbocycles. The largest absolute Gasteiger partial charge is 0.478 e. The molecule has 3 N–H and O–H groups in total. The molecule has 0 unspecified atom stereocenters. The molecule has 1 aromatic heterocycles. The Bertz CT molecular complexity index is 454. The van der Waals surface area contributed by atoms with Crippen molar-refractivity contribution in [3.63, 3.8) is 0 Å². The zero-order valence-corrected chi connectivity index (χ0v) is 8.38. The van der Waals surface area contributed by atoms with Gasteiger partial charge in [-0.3, -0.25) is 9.78 Å². The normalized spacial score (nSPS) is 20.0. The quantitative estimate of drug-likeness (QED) is 0.728. The molecule has 1 amide bonds. The van der Waals surface area contributed by atoms with E-state index in [1.807, 2.05) is 6.07 Å². The molecule has 6 nitrogen and oxygen atoms in total. The Balaban J connectivity index is 2.16. The van der Waals surface area contributed by atoms with Crippen molar-refractivity contribution in [1.82, 2.24) is 4.98 Å². The molecule has 1 aliphatic heterocycles. The van der Waals surface area contributed by atoms with Crippen LogP contribution in [0, 0.1) is 11.3 Å². The maximum Gasteiger partial charge on any atom is 0.265 e. The lowest BCUT2D eigenvalue weighted by Crippen LogP contribution is -2.40. The number of aromatic nitrogens is 1. The average Bonchev–Trinajstić information content (AvgIpc) is 2.30. The number of pyridine rings is 1. The van der Waals surface area contributed by atoms with Gasteiger partial charge in [0.25, 0.3) is 5.91 Å². The van der Waals surface area contributed by atoms with Crippen molar-refractivity contribution in [2.75, 3.05) is 5.32 Å². The van der Waals surface area contributed by atoms with Crippen molar-refractivity contribution in [1.29, 1.82) is 5.26 Å². The lowest BCUT2D eigenvalue weighted by atomic mass is 10.1. The number of ether oxygens (including phenoxy) is 1. The third kappa shape index (κ3) is 1.94. The smallest absolute Gasteiger partial charge is 0.265 e. The van der Waals surface area contributed by atoms with Crippen LogP contribution in [0.15, 0.2) is 18.5 Å². The number of carbonyl (C=O) groups excluding carboxylic acids is 1. The lowest BCUT2D eigenvalue weighted by Gasteiger charge is -2.25. The van der Waals surface area contributed by atoms with Crippen LogP contribution in [0.4, 0.5) is 5.69 Å². The van der Waals surface area contributed by atoms with E-state index in [1.54, 1.807) is 12.3 Å². The first kappa shape index (κ1) is 10.4. The Morgan fingerprint density at radius 3 is 3.31 bits per heavy atom. The summed E-state index contributed by atoms with van der Waals surface area (Å²) in [5.74, 6) is 0.246. The molecule has 2 rings (SSSR count). The minimum absolute atomic E-state index is 0.171. The summed E-state index contributed by atoms with van der Waals surface area (Å²) in [7, 11) is 0. The molecule has 0 spiro atoms. The van der Waals surface area contributed by atoms with E-state index in [-0.39, 0.29) is 12.3 Å². The highest BCUT2D eigenvalue weighted by Crippen LogP contribution is 2.28. The van der Waals surface area contributed by atoms with Gasteiger partial charge in [0.15, 0.2) is 6.10 Å². The fourth-order valence-corrected chi connectivity index (χ4v) is 1.44. The Hall–Kier alpha value is -2.13. The number of nitrogens with two attached hydrogens (primary N) is 1. The predicted octanol–water partition coefficient (Wildman–Crippen LogP) is 0.0221. The predicted molar refractivity (Wildman–Crippen MR) is 55.5 cm³/mol. The van der Waals surface area contributed by atoms with Crippen LogP contribution in [0.5, 0.6) is 5.75 Å². The first-order chi connectivity index (χ1) is 7.70. The molecule has 0 fully saturated rings. The number of rotatable bonds is 2. The lowest BCUT2D eigenvalue weighted by molar-refractivity contribution is -0.123.